The number of aryl methyl sites for hydroxylation is 1. The summed E-state index contributed by atoms with van der Waals surface area (Å²) < 4.78 is 0. The summed E-state index contributed by atoms with van der Waals surface area (Å²) in [6.07, 6.45) is 5.45. The van der Waals surface area contributed by atoms with Crippen molar-refractivity contribution in [2.24, 2.45) is 5.92 Å². The van der Waals surface area contributed by atoms with Crippen LogP contribution in [0.4, 0.5) is 5.69 Å². The Kier molecular flexibility index (Phi) is 3.08. The van der Waals surface area contributed by atoms with Gasteiger partial charge in [0.25, 0.3) is 0 Å². The molecule has 0 radical (unpaired) electrons. The smallest absolute Gasteiger partial charge is 0.224 e. The Labute approximate surface area is 107 Å². The fourth-order valence-electron chi connectivity index (χ4n) is 2.61. The molecular weight excluding hydrogens is 226 g/mol. The van der Waals surface area contributed by atoms with Crippen LogP contribution in [-0.2, 0) is 11.2 Å². The molecule has 1 atom stereocenters. The Hall–Kier alpha value is -1.35. The van der Waals surface area contributed by atoms with Gasteiger partial charge >= 0.3 is 0 Å². The maximum absolute atomic E-state index is 11.5. The van der Waals surface area contributed by atoms with Crippen LogP contribution in [0.15, 0.2) is 18.2 Å². The van der Waals surface area contributed by atoms with Crippen molar-refractivity contribution in [3.05, 3.63) is 29.3 Å². The maximum atomic E-state index is 11.5. The second-order valence-electron chi connectivity index (χ2n) is 5.51. The average Bonchev–Trinajstić information content (AvgIpc) is 3.15. The SMILES string of the molecule is O=C1CCCc2cc(C(O)CC3CC3)ccc2N1. The van der Waals surface area contributed by atoms with E-state index in [9.17, 15) is 9.90 Å². The maximum Gasteiger partial charge on any atom is 0.224 e. The van der Waals surface area contributed by atoms with Gasteiger partial charge in [0, 0.05) is 12.1 Å². The summed E-state index contributed by atoms with van der Waals surface area (Å²) in [6.45, 7) is 0. The molecule has 3 heteroatoms. The van der Waals surface area contributed by atoms with E-state index in [0.717, 1.165) is 42.0 Å². The third-order valence-corrected chi connectivity index (χ3v) is 3.89. The quantitative estimate of drug-likeness (QED) is 0.860. The predicted molar refractivity (Wildman–Crippen MR) is 70.3 cm³/mol. The normalized spacial score (nSPS) is 20.8. The van der Waals surface area contributed by atoms with E-state index in [0.29, 0.717) is 6.42 Å². The fraction of sp³-hybridized carbons (Fsp3) is 0.533. The van der Waals surface area contributed by atoms with Crippen molar-refractivity contribution < 1.29 is 9.90 Å². The summed E-state index contributed by atoms with van der Waals surface area (Å²) in [5, 5.41) is 13.1. The number of anilines is 1. The van der Waals surface area contributed by atoms with E-state index in [1.165, 1.54) is 12.8 Å². The van der Waals surface area contributed by atoms with Gasteiger partial charge in [-0.3, -0.25) is 4.79 Å². The number of hydrogen-bond donors (Lipinski definition) is 2. The Bertz CT molecular complexity index is 466. The number of carbonyl (C=O) groups is 1. The molecule has 1 unspecified atom stereocenters. The summed E-state index contributed by atoms with van der Waals surface area (Å²) >= 11 is 0. The van der Waals surface area contributed by atoms with Crippen LogP contribution in [0.5, 0.6) is 0 Å². The minimum atomic E-state index is -0.346. The van der Waals surface area contributed by atoms with Crippen molar-refractivity contribution in [2.45, 2.75) is 44.6 Å². The number of aliphatic hydroxyl groups is 1. The second-order valence-corrected chi connectivity index (χ2v) is 5.51. The van der Waals surface area contributed by atoms with Crippen molar-refractivity contribution in [1.82, 2.24) is 0 Å². The molecular formula is C15H19NO2. The Balaban J connectivity index is 1.80. The highest BCUT2D eigenvalue weighted by Crippen LogP contribution is 2.38. The highest BCUT2D eigenvalue weighted by molar-refractivity contribution is 5.92. The zero-order valence-electron chi connectivity index (χ0n) is 10.5. The third-order valence-electron chi connectivity index (χ3n) is 3.89. The van der Waals surface area contributed by atoms with E-state index in [1.807, 2.05) is 12.1 Å². The van der Waals surface area contributed by atoms with Crippen molar-refractivity contribution in [1.29, 1.82) is 0 Å². The molecule has 1 aliphatic carbocycles. The lowest BCUT2D eigenvalue weighted by molar-refractivity contribution is -0.116. The number of fused-ring (bicyclic) bond motifs is 1. The first-order valence-electron chi connectivity index (χ1n) is 6.83. The van der Waals surface area contributed by atoms with Crippen molar-refractivity contribution in [3.63, 3.8) is 0 Å². The molecule has 1 heterocycles. The van der Waals surface area contributed by atoms with Gasteiger partial charge < -0.3 is 10.4 Å². The first-order chi connectivity index (χ1) is 8.72. The minimum absolute atomic E-state index is 0.0972. The van der Waals surface area contributed by atoms with Crippen molar-refractivity contribution in [3.8, 4) is 0 Å². The number of aliphatic hydroxyl groups excluding tert-OH is 1. The third kappa shape index (κ3) is 2.56. The molecule has 1 aromatic rings. The molecule has 0 aromatic heterocycles. The van der Waals surface area contributed by atoms with Crippen molar-refractivity contribution in [2.75, 3.05) is 5.32 Å². The van der Waals surface area contributed by atoms with E-state index >= 15 is 0 Å². The number of carbonyl (C=O) groups excluding carboxylic acids is 1. The zero-order valence-corrected chi connectivity index (χ0v) is 10.5. The van der Waals surface area contributed by atoms with Gasteiger partial charge in [0.2, 0.25) is 5.91 Å². The van der Waals surface area contributed by atoms with Gasteiger partial charge in [0.15, 0.2) is 0 Å². The summed E-state index contributed by atoms with van der Waals surface area (Å²) in [7, 11) is 0. The van der Waals surface area contributed by atoms with Crippen LogP contribution < -0.4 is 5.32 Å². The Morgan fingerprint density at radius 2 is 2.17 bits per heavy atom. The van der Waals surface area contributed by atoms with Crippen LogP contribution >= 0.6 is 0 Å². The van der Waals surface area contributed by atoms with E-state index in [-0.39, 0.29) is 12.0 Å². The number of rotatable bonds is 3. The van der Waals surface area contributed by atoms with Crippen LogP contribution in [0.1, 0.15) is 49.3 Å². The molecule has 2 N–H and O–H groups in total. The molecule has 96 valence electrons. The number of benzene rings is 1. The molecule has 1 amide bonds. The predicted octanol–water partition coefficient (Wildman–Crippen LogP) is 2.79. The van der Waals surface area contributed by atoms with Crippen LogP contribution in [0.3, 0.4) is 0 Å². The van der Waals surface area contributed by atoms with Crippen LogP contribution in [-0.4, -0.2) is 11.0 Å². The standard InChI is InChI=1S/C15H19NO2/c17-14(8-10-4-5-10)12-6-7-13-11(9-12)2-1-3-15(18)16-13/h6-7,9-10,14,17H,1-5,8H2,(H,16,18). The van der Waals surface area contributed by atoms with Gasteiger partial charge in [0.05, 0.1) is 6.10 Å². The topological polar surface area (TPSA) is 49.3 Å². The van der Waals surface area contributed by atoms with Gasteiger partial charge in [-0.15, -0.1) is 0 Å². The van der Waals surface area contributed by atoms with E-state index in [2.05, 4.69) is 11.4 Å². The summed E-state index contributed by atoms with van der Waals surface area (Å²) in [6, 6.07) is 5.94. The number of amides is 1. The Morgan fingerprint density at radius 1 is 1.33 bits per heavy atom. The summed E-state index contributed by atoms with van der Waals surface area (Å²) in [4.78, 5) is 11.5. The van der Waals surface area contributed by atoms with E-state index in [4.69, 9.17) is 0 Å². The fourth-order valence-corrected chi connectivity index (χ4v) is 2.61. The molecule has 0 spiro atoms. The van der Waals surface area contributed by atoms with Crippen LogP contribution in [0.2, 0.25) is 0 Å². The monoisotopic (exact) mass is 245 g/mol. The zero-order chi connectivity index (χ0) is 12.5. The molecule has 3 rings (SSSR count). The van der Waals surface area contributed by atoms with E-state index < -0.39 is 0 Å². The lowest BCUT2D eigenvalue weighted by Gasteiger charge is -2.14. The first-order valence-corrected chi connectivity index (χ1v) is 6.83. The second kappa shape index (κ2) is 4.73. The summed E-state index contributed by atoms with van der Waals surface area (Å²) in [5.74, 6) is 0.818. The molecule has 1 saturated carbocycles. The van der Waals surface area contributed by atoms with Crippen molar-refractivity contribution >= 4 is 11.6 Å². The van der Waals surface area contributed by atoms with Gasteiger partial charge in [-0.05, 0) is 42.4 Å². The Morgan fingerprint density at radius 3 is 2.94 bits per heavy atom. The molecule has 1 aliphatic heterocycles. The molecule has 3 nitrogen and oxygen atoms in total. The van der Waals surface area contributed by atoms with Gasteiger partial charge in [-0.25, -0.2) is 0 Å². The lowest BCUT2D eigenvalue weighted by Crippen LogP contribution is -2.09. The van der Waals surface area contributed by atoms with Gasteiger partial charge in [-0.2, -0.15) is 0 Å². The highest BCUT2D eigenvalue weighted by atomic mass is 16.3. The van der Waals surface area contributed by atoms with Gasteiger partial charge in [-0.1, -0.05) is 25.0 Å². The number of nitrogens with one attached hydrogen (secondary N) is 1. The molecule has 0 bridgehead atoms. The van der Waals surface area contributed by atoms with E-state index in [1.54, 1.807) is 0 Å². The molecule has 0 saturated heterocycles. The molecule has 1 fully saturated rings. The van der Waals surface area contributed by atoms with Crippen LogP contribution in [0, 0.1) is 5.92 Å². The lowest BCUT2D eigenvalue weighted by atomic mass is 9.99. The minimum Gasteiger partial charge on any atom is -0.388 e. The largest absolute Gasteiger partial charge is 0.388 e. The average molecular weight is 245 g/mol. The van der Waals surface area contributed by atoms with Crippen LogP contribution in [0.25, 0.3) is 0 Å². The number of hydrogen-bond acceptors (Lipinski definition) is 2. The summed E-state index contributed by atoms with van der Waals surface area (Å²) in [5.41, 5.74) is 3.07. The van der Waals surface area contributed by atoms with Gasteiger partial charge in [0.1, 0.15) is 0 Å². The highest BCUT2D eigenvalue weighted by Gasteiger charge is 2.25. The first kappa shape index (κ1) is 11.7. The molecule has 18 heavy (non-hydrogen) atoms. The molecule has 1 aromatic carbocycles. The molecule has 2 aliphatic rings.